The van der Waals surface area contributed by atoms with E-state index in [4.69, 9.17) is 4.84 Å². The van der Waals surface area contributed by atoms with Crippen LogP contribution in [0.4, 0.5) is 29.3 Å². The number of alkyl halides is 3. The van der Waals surface area contributed by atoms with Crippen LogP contribution in [0.3, 0.4) is 0 Å². The van der Waals surface area contributed by atoms with Gasteiger partial charge in [0.05, 0.1) is 11.3 Å². The first-order chi connectivity index (χ1) is 11.4. The summed E-state index contributed by atoms with van der Waals surface area (Å²) in [6.45, 7) is -0.274. The first kappa shape index (κ1) is 15.9. The van der Waals surface area contributed by atoms with Gasteiger partial charge in [-0.15, -0.1) is 5.06 Å². The Kier molecular flexibility index (Phi) is 3.88. The quantitative estimate of drug-likeness (QED) is 0.842. The molecule has 8 heteroatoms. The molecular formula is C16H11F3N2O3. The van der Waals surface area contributed by atoms with E-state index in [9.17, 15) is 22.8 Å². The standard InChI is InChI=1S/C16H11F3N2O3/c17-16(18,19)11-6-8-13(9-7-11)21-14(22)10-20(15(23)24-21)12-4-2-1-3-5-12/h1-9H,10H2. The molecule has 24 heavy (non-hydrogen) atoms. The van der Waals surface area contributed by atoms with Gasteiger partial charge in [-0.3, -0.25) is 9.69 Å². The molecule has 2 aromatic rings. The van der Waals surface area contributed by atoms with E-state index in [0.29, 0.717) is 10.8 Å². The predicted octanol–water partition coefficient (Wildman–Crippen LogP) is 3.61. The van der Waals surface area contributed by atoms with Crippen LogP contribution in [0.25, 0.3) is 0 Å². The topological polar surface area (TPSA) is 49.9 Å². The highest BCUT2D eigenvalue weighted by molar-refractivity contribution is 6.05. The number of para-hydroxylation sites is 1. The molecular weight excluding hydrogens is 325 g/mol. The Morgan fingerprint density at radius 3 is 2.08 bits per heavy atom. The Morgan fingerprint density at radius 1 is 0.875 bits per heavy atom. The second-order valence-corrected chi connectivity index (χ2v) is 5.01. The maximum absolute atomic E-state index is 12.6. The molecule has 2 aromatic carbocycles. The molecule has 0 bridgehead atoms. The van der Waals surface area contributed by atoms with Crippen molar-refractivity contribution in [1.82, 2.24) is 0 Å². The molecule has 1 saturated heterocycles. The predicted molar refractivity (Wildman–Crippen MR) is 79.2 cm³/mol. The van der Waals surface area contributed by atoms with Gasteiger partial charge in [0.2, 0.25) is 0 Å². The van der Waals surface area contributed by atoms with E-state index in [2.05, 4.69) is 0 Å². The van der Waals surface area contributed by atoms with Crippen LogP contribution in [0.5, 0.6) is 0 Å². The van der Waals surface area contributed by atoms with Crippen molar-refractivity contribution >= 4 is 23.4 Å². The molecule has 0 spiro atoms. The number of anilines is 2. The minimum Gasteiger partial charge on any atom is -0.313 e. The minimum absolute atomic E-state index is 0.0501. The highest BCUT2D eigenvalue weighted by Crippen LogP contribution is 2.31. The molecule has 0 atom stereocenters. The van der Waals surface area contributed by atoms with Gasteiger partial charge >= 0.3 is 12.3 Å². The molecule has 0 saturated carbocycles. The summed E-state index contributed by atoms with van der Waals surface area (Å²) in [7, 11) is 0. The van der Waals surface area contributed by atoms with E-state index in [1.54, 1.807) is 30.3 Å². The summed E-state index contributed by atoms with van der Waals surface area (Å²) in [5.74, 6) is -0.571. The molecule has 0 radical (unpaired) electrons. The van der Waals surface area contributed by atoms with Gasteiger partial charge in [0.15, 0.2) is 0 Å². The van der Waals surface area contributed by atoms with Crippen LogP contribution >= 0.6 is 0 Å². The van der Waals surface area contributed by atoms with Gasteiger partial charge < -0.3 is 4.84 Å². The molecule has 3 rings (SSSR count). The normalized spacial score (nSPS) is 15.5. The molecule has 1 heterocycles. The largest absolute Gasteiger partial charge is 0.439 e. The fraction of sp³-hybridized carbons (Fsp3) is 0.125. The molecule has 1 aliphatic rings. The minimum atomic E-state index is -4.48. The van der Waals surface area contributed by atoms with E-state index in [1.165, 1.54) is 0 Å². The van der Waals surface area contributed by atoms with Crippen LogP contribution < -0.4 is 9.96 Å². The van der Waals surface area contributed by atoms with Crippen molar-refractivity contribution in [2.24, 2.45) is 0 Å². The second kappa shape index (κ2) is 5.88. The summed E-state index contributed by atoms with van der Waals surface area (Å²) in [4.78, 5) is 30.4. The SMILES string of the molecule is O=C1ON(c2ccc(C(F)(F)F)cc2)C(=O)CN1c1ccccc1. The van der Waals surface area contributed by atoms with Gasteiger partial charge in [0.25, 0.3) is 5.91 Å². The van der Waals surface area contributed by atoms with E-state index in [0.717, 1.165) is 29.2 Å². The maximum Gasteiger partial charge on any atom is 0.439 e. The summed E-state index contributed by atoms with van der Waals surface area (Å²) < 4.78 is 37.7. The lowest BCUT2D eigenvalue weighted by Crippen LogP contribution is -2.52. The first-order valence-corrected chi connectivity index (χ1v) is 6.91. The van der Waals surface area contributed by atoms with E-state index in [-0.39, 0.29) is 12.2 Å². The summed E-state index contributed by atoms with van der Waals surface area (Å²) in [6.07, 6.45) is -5.27. The van der Waals surface area contributed by atoms with Crippen molar-refractivity contribution < 1.29 is 27.6 Å². The van der Waals surface area contributed by atoms with Crippen LogP contribution in [-0.2, 0) is 15.8 Å². The van der Waals surface area contributed by atoms with Crippen LogP contribution in [0.15, 0.2) is 54.6 Å². The van der Waals surface area contributed by atoms with E-state index in [1.807, 2.05) is 0 Å². The number of hydrogen-bond acceptors (Lipinski definition) is 3. The number of hydroxylamine groups is 1. The number of halogens is 3. The van der Waals surface area contributed by atoms with Crippen molar-refractivity contribution in [2.45, 2.75) is 6.18 Å². The third-order valence-corrected chi connectivity index (χ3v) is 3.41. The maximum atomic E-state index is 12.6. The number of carbonyl (C=O) groups is 2. The van der Waals surface area contributed by atoms with Crippen molar-refractivity contribution in [3.63, 3.8) is 0 Å². The molecule has 124 valence electrons. The molecule has 1 aliphatic heterocycles. The zero-order chi connectivity index (χ0) is 17.3. The smallest absolute Gasteiger partial charge is 0.313 e. The lowest BCUT2D eigenvalue weighted by Gasteiger charge is -2.32. The first-order valence-electron chi connectivity index (χ1n) is 6.91. The van der Waals surface area contributed by atoms with Crippen molar-refractivity contribution in [3.8, 4) is 0 Å². The number of hydrogen-bond donors (Lipinski definition) is 0. The number of benzene rings is 2. The van der Waals surface area contributed by atoms with E-state index >= 15 is 0 Å². The van der Waals surface area contributed by atoms with Gasteiger partial charge in [-0.2, -0.15) is 13.2 Å². The summed E-state index contributed by atoms with van der Waals surface area (Å²) in [5, 5.41) is 0.696. The molecule has 0 N–H and O–H groups in total. The Bertz CT molecular complexity index is 760. The highest BCUT2D eigenvalue weighted by Gasteiger charge is 2.35. The van der Waals surface area contributed by atoms with Crippen molar-refractivity contribution in [1.29, 1.82) is 0 Å². The molecule has 1 fully saturated rings. The zero-order valence-corrected chi connectivity index (χ0v) is 12.2. The third kappa shape index (κ3) is 3.03. The van der Waals surface area contributed by atoms with Crippen LogP contribution in [0.2, 0.25) is 0 Å². The number of rotatable bonds is 2. The average Bonchev–Trinajstić information content (AvgIpc) is 2.57. The molecule has 0 aromatic heterocycles. The average molecular weight is 336 g/mol. The Labute approximate surface area is 134 Å². The second-order valence-electron chi connectivity index (χ2n) is 5.01. The summed E-state index contributed by atoms with van der Waals surface area (Å²) in [5.41, 5.74) is -0.315. The third-order valence-electron chi connectivity index (χ3n) is 3.41. The molecule has 0 aliphatic carbocycles. The molecule has 5 nitrogen and oxygen atoms in total. The van der Waals surface area contributed by atoms with Crippen LogP contribution in [-0.4, -0.2) is 18.5 Å². The van der Waals surface area contributed by atoms with Gasteiger partial charge in [-0.1, -0.05) is 18.2 Å². The number of nitrogens with zero attached hydrogens (tertiary/aromatic N) is 2. The lowest BCUT2D eigenvalue weighted by atomic mass is 10.2. The highest BCUT2D eigenvalue weighted by atomic mass is 19.4. The van der Waals surface area contributed by atoms with Crippen molar-refractivity contribution in [3.05, 3.63) is 60.2 Å². The Hall–Kier alpha value is -3.03. The Morgan fingerprint density at radius 2 is 1.50 bits per heavy atom. The molecule has 0 unspecified atom stereocenters. The Balaban J connectivity index is 1.80. The monoisotopic (exact) mass is 336 g/mol. The lowest BCUT2D eigenvalue weighted by molar-refractivity contribution is -0.137. The van der Waals surface area contributed by atoms with E-state index < -0.39 is 23.7 Å². The van der Waals surface area contributed by atoms with Gasteiger partial charge in [0.1, 0.15) is 6.54 Å². The van der Waals surface area contributed by atoms with Gasteiger partial charge in [-0.05, 0) is 36.4 Å². The zero-order valence-electron chi connectivity index (χ0n) is 12.2. The number of amides is 2. The van der Waals surface area contributed by atoms with Gasteiger partial charge in [-0.25, -0.2) is 4.79 Å². The van der Waals surface area contributed by atoms with Crippen molar-refractivity contribution in [2.75, 3.05) is 16.5 Å². The molecule has 2 amide bonds. The van der Waals surface area contributed by atoms with Crippen LogP contribution in [0, 0.1) is 0 Å². The summed E-state index contributed by atoms with van der Waals surface area (Å²) in [6, 6.07) is 12.2. The fourth-order valence-corrected chi connectivity index (χ4v) is 2.23. The van der Waals surface area contributed by atoms with Gasteiger partial charge in [0, 0.05) is 5.69 Å². The summed E-state index contributed by atoms with van der Waals surface area (Å²) >= 11 is 0. The fourth-order valence-electron chi connectivity index (χ4n) is 2.23. The number of carbonyl (C=O) groups excluding carboxylic acids is 2. The van der Waals surface area contributed by atoms with Crippen LogP contribution in [0.1, 0.15) is 5.56 Å².